The summed E-state index contributed by atoms with van der Waals surface area (Å²) in [4.78, 5) is 8.64. The van der Waals surface area contributed by atoms with Gasteiger partial charge in [0, 0.05) is 18.6 Å². The summed E-state index contributed by atoms with van der Waals surface area (Å²) >= 11 is 1.41. The monoisotopic (exact) mass is 228 g/mol. The van der Waals surface area contributed by atoms with Crippen LogP contribution in [0.1, 0.15) is 10.4 Å². The van der Waals surface area contributed by atoms with Gasteiger partial charge in [0.1, 0.15) is 6.07 Å². The van der Waals surface area contributed by atoms with Crippen molar-refractivity contribution in [3.8, 4) is 6.07 Å². The maximum absolute atomic E-state index is 9.12. The fourth-order valence-electron chi connectivity index (χ4n) is 1.27. The Labute approximate surface area is 96.7 Å². The van der Waals surface area contributed by atoms with Crippen LogP contribution >= 0.6 is 11.3 Å². The fourth-order valence-corrected chi connectivity index (χ4v) is 1.86. The van der Waals surface area contributed by atoms with Crippen LogP contribution in [0, 0.1) is 11.3 Å². The topological polar surface area (TPSA) is 75.6 Å². The molecule has 0 aliphatic heterocycles. The van der Waals surface area contributed by atoms with Crippen LogP contribution < -0.4 is 5.73 Å². The molecule has 2 rings (SSSR count). The van der Waals surface area contributed by atoms with Gasteiger partial charge in [-0.25, -0.2) is 0 Å². The van der Waals surface area contributed by atoms with Crippen molar-refractivity contribution in [2.75, 3.05) is 0 Å². The number of allylic oxidation sites excluding steroid dienone is 1. The molecule has 0 fully saturated rings. The van der Waals surface area contributed by atoms with Crippen LogP contribution in [0.5, 0.6) is 0 Å². The largest absolute Gasteiger partial charge is 0.396 e. The second kappa shape index (κ2) is 4.55. The van der Waals surface area contributed by atoms with Crippen molar-refractivity contribution < 1.29 is 0 Å². The summed E-state index contributed by atoms with van der Waals surface area (Å²) in [5, 5.41) is 9.12. The van der Waals surface area contributed by atoms with Gasteiger partial charge in [-0.05, 0) is 17.7 Å². The number of rotatable bonds is 2. The molecule has 0 bridgehead atoms. The molecule has 0 radical (unpaired) electrons. The predicted molar refractivity (Wildman–Crippen MR) is 63.0 cm³/mol. The molecule has 2 aromatic heterocycles. The molecule has 2 N–H and O–H groups in total. The zero-order valence-corrected chi connectivity index (χ0v) is 9.11. The molecule has 5 heteroatoms. The van der Waals surface area contributed by atoms with Gasteiger partial charge >= 0.3 is 0 Å². The average Bonchev–Trinajstić information content (AvgIpc) is 2.85. The summed E-state index contributed by atoms with van der Waals surface area (Å²) < 4.78 is 0. The van der Waals surface area contributed by atoms with Crippen LogP contribution in [0.25, 0.3) is 11.3 Å². The van der Waals surface area contributed by atoms with Crippen LogP contribution in [0.4, 0.5) is 0 Å². The Morgan fingerprint density at radius 3 is 2.62 bits per heavy atom. The first-order chi connectivity index (χ1) is 7.83. The van der Waals surface area contributed by atoms with Crippen molar-refractivity contribution in [3.05, 3.63) is 46.7 Å². The maximum Gasteiger partial charge on any atom is 0.102 e. The summed E-state index contributed by atoms with van der Waals surface area (Å²) in [5.41, 5.74) is 9.29. The Morgan fingerprint density at radius 1 is 1.31 bits per heavy atom. The molecule has 78 valence electrons. The van der Waals surface area contributed by atoms with E-state index in [-0.39, 0.29) is 0 Å². The van der Waals surface area contributed by atoms with Crippen molar-refractivity contribution in [2.45, 2.75) is 0 Å². The first-order valence-corrected chi connectivity index (χ1v) is 5.40. The quantitative estimate of drug-likeness (QED) is 0.796. The van der Waals surface area contributed by atoms with Gasteiger partial charge in [-0.3, -0.25) is 9.97 Å². The molecule has 0 saturated heterocycles. The molecule has 4 nitrogen and oxygen atoms in total. The molecule has 0 saturated carbocycles. The number of nitrogens with zero attached hydrogens (tertiary/aromatic N) is 3. The highest BCUT2D eigenvalue weighted by Crippen LogP contribution is 2.23. The van der Waals surface area contributed by atoms with Gasteiger partial charge in [0.15, 0.2) is 0 Å². The molecule has 0 aliphatic rings. The Balaban J connectivity index is 2.52. The molecular formula is C11H8N4S. The average molecular weight is 228 g/mol. The molecule has 0 unspecified atom stereocenters. The molecule has 2 aromatic rings. The van der Waals surface area contributed by atoms with Gasteiger partial charge in [-0.1, -0.05) is 0 Å². The Bertz CT molecular complexity index is 537. The van der Waals surface area contributed by atoms with E-state index in [1.54, 1.807) is 36.2 Å². The van der Waals surface area contributed by atoms with Crippen molar-refractivity contribution in [1.82, 2.24) is 9.97 Å². The number of aromatic nitrogens is 2. The minimum absolute atomic E-state index is 0.451. The van der Waals surface area contributed by atoms with E-state index in [4.69, 9.17) is 11.0 Å². The van der Waals surface area contributed by atoms with Crippen molar-refractivity contribution in [1.29, 1.82) is 5.26 Å². The lowest BCUT2D eigenvalue weighted by Crippen LogP contribution is -1.98. The number of nitriles is 1. The predicted octanol–water partition coefficient (Wildman–Crippen LogP) is 1.89. The van der Waals surface area contributed by atoms with E-state index >= 15 is 0 Å². The SMILES string of the molecule is N#C/C(=C(/N)c1cncs1)c1ccncc1. The van der Waals surface area contributed by atoms with Gasteiger partial charge in [0.2, 0.25) is 0 Å². The second-order valence-electron chi connectivity index (χ2n) is 3.00. The molecule has 0 aliphatic carbocycles. The van der Waals surface area contributed by atoms with E-state index in [2.05, 4.69) is 16.0 Å². The Morgan fingerprint density at radius 2 is 2.06 bits per heavy atom. The number of hydrogen-bond acceptors (Lipinski definition) is 5. The number of hydrogen-bond donors (Lipinski definition) is 1. The minimum atomic E-state index is 0.451. The minimum Gasteiger partial charge on any atom is -0.396 e. The first kappa shape index (κ1) is 10.3. The molecular weight excluding hydrogens is 220 g/mol. The van der Waals surface area contributed by atoms with Gasteiger partial charge in [-0.2, -0.15) is 5.26 Å². The van der Waals surface area contributed by atoms with Crippen LogP contribution in [-0.2, 0) is 0 Å². The lowest BCUT2D eigenvalue weighted by atomic mass is 10.1. The molecule has 0 atom stereocenters. The van der Waals surface area contributed by atoms with E-state index in [1.807, 2.05) is 0 Å². The third-order valence-electron chi connectivity index (χ3n) is 2.05. The van der Waals surface area contributed by atoms with E-state index in [9.17, 15) is 0 Å². The van der Waals surface area contributed by atoms with Crippen molar-refractivity contribution in [3.63, 3.8) is 0 Å². The summed E-state index contributed by atoms with van der Waals surface area (Å²) in [6.07, 6.45) is 4.91. The van der Waals surface area contributed by atoms with Crippen molar-refractivity contribution >= 4 is 22.6 Å². The van der Waals surface area contributed by atoms with Gasteiger partial charge in [0.25, 0.3) is 0 Å². The first-order valence-electron chi connectivity index (χ1n) is 4.52. The van der Waals surface area contributed by atoms with Gasteiger partial charge in [-0.15, -0.1) is 11.3 Å². The molecule has 0 spiro atoms. The smallest absolute Gasteiger partial charge is 0.102 e. The number of pyridine rings is 1. The standard InChI is InChI=1S/C11H8N4S/c12-5-9(8-1-3-14-4-2-8)11(13)10-6-15-7-16-10/h1-4,6-7H,13H2/b11-9-. The zero-order chi connectivity index (χ0) is 11.4. The molecule has 2 heterocycles. The molecule has 0 aromatic carbocycles. The van der Waals surface area contributed by atoms with Crippen LogP contribution in [0.2, 0.25) is 0 Å². The van der Waals surface area contributed by atoms with Gasteiger partial charge in [0.05, 0.1) is 21.7 Å². The van der Waals surface area contributed by atoms with E-state index < -0.39 is 0 Å². The third-order valence-corrected chi connectivity index (χ3v) is 2.85. The zero-order valence-electron chi connectivity index (χ0n) is 8.29. The highest BCUT2D eigenvalue weighted by Gasteiger charge is 2.09. The Hall–Kier alpha value is -2.19. The summed E-state index contributed by atoms with van der Waals surface area (Å²) in [6.45, 7) is 0. The van der Waals surface area contributed by atoms with Crippen LogP contribution in [-0.4, -0.2) is 9.97 Å². The normalized spacial score (nSPS) is 11.7. The van der Waals surface area contributed by atoms with Crippen molar-refractivity contribution in [2.24, 2.45) is 5.73 Å². The van der Waals surface area contributed by atoms with E-state index in [0.717, 1.165) is 10.4 Å². The third kappa shape index (κ3) is 1.92. The second-order valence-corrected chi connectivity index (χ2v) is 3.89. The number of thiazole rings is 1. The summed E-state index contributed by atoms with van der Waals surface area (Å²) in [5.74, 6) is 0. The summed E-state index contributed by atoms with van der Waals surface area (Å²) in [7, 11) is 0. The molecule has 0 amide bonds. The Kier molecular flexibility index (Phi) is 2.94. The van der Waals surface area contributed by atoms with E-state index in [0.29, 0.717) is 11.3 Å². The lowest BCUT2D eigenvalue weighted by Gasteiger charge is -2.02. The van der Waals surface area contributed by atoms with E-state index in [1.165, 1.54) is 11.3 Å². The molecule has 16 heavy (non-hydrogen) atoms. The summed E-state index contributed by atoms with van der Waals surface area (Å²) in [6, 6.07) is 5.62. The highest BCUT2D eigenvalue weighted by atomic mass is 32.1. The maximum atomic E-state index is 9.12. The van der Waals surface area contributed by atoms with Crippen LogP contribution in [0.3, 0.4) is 0 Å². The highest BCUT2D eigenvalue weighted by molar-refractivity contribution is 7.10. The van der Waals surface area contributed by atoms with Crippen LogP contribution in [0.15, 0.2) is 36.2 Å². The lowest BCUT2D eigenvalue weighted by molar-refractivity contribution is 1.32. The number of nitrogens with two attached hydrogens (primary N) is 1. The fraction of sp³-hybridized carbons (Fsp3) is 0. The van der Waals surface area contributed by atoms with Gasteiger partial charge < -0.3 is 5.73 Å².